The molecule has 2 amide bonds. The van der Waals surface area contributed by atoms with E-state index in [1.54, 1.807) is 11.8 Å². The van der Waals surface area contributed by atoms with Crippen LogP contribution >= 0.6 is 11.6 Å². The average Bonchev–Trinajstić information content (AvgIpc) is 3.31. The van der Waals surface area contributed by atoms with Gasteiger partial charge in [-0.25, -0.2) is 39.1 Å². The predicted molar refractivity (Wildman–Crippen MR) is 270 cm³/mol. The Balaban J connectivity index is 0.000000346. The topological polar surface area (TPSA) is 228 Å². The third kappa shape index (κ3) is 15.3. The van der Waals surface area contributed by atoms with Crippen LogP contribution in [0.3, 0.4) is 0 Å². The van der Waals surface area contributed by atoms with Crippen molar-refractivity contribution in [2.45, 2.75) is 143 Å². The van der Waals surface area contributed by atoms with Crippen LogP contribution in [0.1, 0.15) is 129 Å². The number of nitrogen functional groups attached to an aromatic ring is 2. The summed E-state index contributed by atoms with van der Waals surface area (Å²) in [7, 11) is 2.56. The van der Waals surface area contributed by atoms with Gasteiger partial charge in [0, 0.05) is 91.0 Å². The number of nitrogens with two attached hydrogens (primary N) is 2. The van der Waals surface area contributed by atoms with E-state index in [0.717, 1.165) is 77.1 Å². The van der Waals surface area contributed by atoms with Crippen LogP contribution in [0.4, 0.5) is 32.9 Å². The number of amides is 2. The molecule has 0 aliphatic carbocycles. The minimum Gasteiger partial charge on any atom is -0.464 e. The number of aromatic nitrogens is 4. The van der Waals surface area contributed by atoms with Crippen molar-refractivity contribution >= 4 is 59.0 Å². The van der Waals surface area contributed by atoms with Gasteiger partial charge in [0.1, 0.15) is 11.2 Å². The molecule has 4 fully saturated rings. The summed E-state index contributed by atoms with van der Waals surface area (Å²) in [5, 5.41) is 0.138. The molecule has 0 aromatic carbocycles. The Bertz CT molecular complexity index is 1980. The highest BCUT2D eigenvalue weighted by Crippen LogP contribution is 2.31. The number of esters is 2. The molecule has 6 rings (SSSR count). The fourth-order valence-electron chi connectivity index (χ4n) is 9.16. The fourth-order valence-corrected chi connectivity index (χ4v) is 9.41. The highest BCUT2D eigenvalue weighted by Gasteiger charge is 2.38. The van der Waals surface area contributed by atoms with E-state index in [4.69, 9.17) is 37.3 Å². The lowest BCUT2D eigenvalue weighted by atomic mass is 9.98. The zero-order valence-electron chi connectivity index (χ0n) is 43.0. The van der Waals surface area contributed by atoms with Crippen molar-refractivity contribution in [3.05, 3.63) is 22.2 Å². The number of terminal acetylenes is 1. The predicted octanol–water partition coefficient (Wildman–Crippen LogP) is 6.14. The number of carbonyl (C=O) groups is 4. The van der Waals surface area contributed by atoms with E-state index in [9.17, 15) is 19.2 Å². The summed E-state index contributed by atoms with van der Waals surface area (Å²) < 4.78 is 20.5. The van der Waals surface area contributed by atoms with Gasteiger partial charge in [0.25, 0.3) is 0 Å². The van der Waals surface area contributed by atoms with E-state index in [1.165, 1.54) is 14.2 Å². The quantitative estimate of drug-likeness (QED) is 0.172. The Morgan fingerprint density at radius 2 is 1.03 bits per heavy atom. The minimum absolute atomic E-state index is 0. The number of aryl methyl sites for hydroxylation is 1. The van der Waals surface area contributed by atoms with Gasteiger partial charge in [-0.05, 0) is 93.9 Å². The van der Waals surface area contributed by atoms with E-state index in [-0.39, 0.29) is 41.8 Å². The molecule has 4 saturated heterocycles. The lowest BCUT2D eigenvalue weighted by molar-refractivity contribution is 0.00848. The van der Waals surface area contributed by atoms with Crippen LogP contribution in [-0.4, -0.2) is 179 Å². The molecular weight excluding hydrogens is 908 g/mol. The second-order valence-corrected chi connectivity index (χ2v) is 20.0. The third-order valence-electron chi connectivity index (χ3n) is 12.5. The van der Waals surface area contributed by atoms with E-state index in [0.29, 0.717) is 68.4 Å². The molecule has 6 heterocycles. The van der Waals surface area contributed by atoms with Crippen molar-refractivity contribution in [2.24, 2.45) is 0 Å². The number of nitrogens with zero attached hydrogens (tertiary/aromatic N) is 10. The summed E-state index contributed by atoms with van der Waals surface area (Å²) in [6, 6.07) is 1.51. The van der Waals surface area contributed by atoms with Gasteiger partial charge in [0.05, 0.1) is 19.9 Å². The lowest BCUT2D eigenvalue weighted by Crippen LogP contribution is -2.59. The van der Waals surface area contributed by atoms with Gasteiger partial charge in [-0.1, -0.05) is 25.4 Å². The van der Waals surface area contributed by atoms with Crippen molar-refractivity contribution in [1.82, 2.24) is 39.5 Å². The number of hydrogen-bond acceptors (Lipinski definition) is 18. The third-order valence-corrected chi connectivity index (χ3v) is 12.7. The normalized spacial score (nSPS) is 19.8. The van der Waals surface area contributed by atoms with Crippen molar-refractivity contribution < 1.29 is 39.6 Å². The SMILES string of the molecule is C#CC.CC[C@H]1CN(c2nc(N)c(C(=O)OC)nc2C)CCN1C1CCN(C(=O)OC(C)(C)C)CC1.CC[C@H]1CN(c2nc(N)c(C(=O)OC)nc2Cl)CCN1C1CCN(C(=O)OC(C)(C)C)CC1.[2HH]. The minimum atomic E-state index is -0.664. The zero-order chi connectivity index (χ0) is 51.4. The van der Waals surface area contributed by atoms with Crippen molar-refractivity contribution in [3.8, 4) is 12.3 Å². The van der Waals surface area contributed by atoms with Gasteiger partial charge in [0.15, 0.2) is 39.8 Å². The first kappa shape index (κ1) is 56.2. The maximum atomic E-state index is 12.4. The highest BCUT2D eigenvalue weighted by molar-refractivity contribution is 6.32. The Hall–Kier alpha value is -5.39. The lowest BCUT2D eigenvalue weighted by Gasteiger charge is -2.47. The van der Waals surface area contributed by atoms with Gasteiger partial charge in [-0.2, -0.15) is 0 Å². The molecule has 0 bridgehead atoms. The number of rotatable bonds is 8. The zero-order valence-corrected chi connectivity index (χ0v) is 43.7. The molecule has 4 aliphatic rings. The molecule has 21 heteroatoms. The first-order valence-corrected chi connectivity index (χ1v) is 24.3. The summed E-state index contributed by atoms with van der Waals surface area (Å²) in [6.45, 7) is 26.8. The highest BCUT2D eigenvalue weighted by atomic mass is 35.5. The molecule has 2 atom stereocenters. The number of carbonyl (C=O) groups excluding carboxylic acids is 4. The number of likely N-dealkylation sites (tertiary alicyclic amines) is 2. The van der Waals surface area contributed by atoms with Crippen LogP contribution in [0, 0.1) is 19.3 Å². The smallest absolute Gasteiger partial charge is 0.410 e. The molecule has 0 saturated carbocycles. The van der Waals surface area contributed by atoms with Crippen molar-refractivity contribution in [1.29, 1.82) is 0 Å². The number of anilines is 4. The Morgan fingerprint density at radius 1 is 0.667 bits per heavy atom. The number of halogens is 1. The first-order valence-electron chi connectivity index (χ1n) is 24.0. The molecule has 0 unspecified atom stereocenters. The summed E-state index contributed by atoms with van der Waals surface area (Å²) in [5.74, 6) is 2.31. The van der Waals surface area contributed by atoms with Crippen LogP contribution in [0.5, 0.6) is 0 Å². The van der Waals surface area contributed by atoms with E-state index in [1.807, 2.05) is 53.4 Å². The standard InChI is InChI=1S/C23H38N6O4.C22H35ClN6O4.C3H4.H2/c1-7-16-14-28(20-15(2)25-18(19(24)26-20)21(30)32-6)12-13-29(16)17-8-10-27(11-9-17)22(31)33-23(3,4)5;1-6-14-13-28(19-17(23)25-16(18(24)26-19)20(30)32-5)11-12-29(14)15-7-9-27(10-8-15)21(31)33-22(2,3)4;1-3-2;/h16-17H,7-14H2,1-6H3,(H2,24,26);14-15H,6-13H2,1-5H3,(H2,24,26);1H,2H3;1H/t16-;14-;;/m00../s1/i;;;1+1. The molecule has 0 spiro atoms. The van der Waals surface area contributed by atoms with Crippen LogP contribution < -0.4 is 21.3 Å². The van der Waals surface area contributed by atoms with Gasteiger partial charge < -0.3 is 50.0 Å². The maximum Gasteiger partial charge on any atom is 0.410 e. The van der Waals surface area contributed by atoms with Gasteiger partial charge in [0.2, 0.25) is 0 Å². The van der Waals surface area contributed by atoms with Crippen molar-refractivity contribution in [2.75, 3.05) is 101 Å². The second kappa shape index (κ2) is 24.9. The number of methoxy groups -OCH3 is 2. The molecule has 0 radical (unpaired) electrons. The molecule has 386 valence electrons. The van der Waals surface area contributed by atoms with E-state index >= 15 is 0 Å². The fraction of sp³-hybridized carbons (Fsp3) is 0.708. The molecule has 2 aromatic rings. The van der Waals surface area contributed by atoms with Crippen LogP contribution in [-0.2, 0) is 18.9 Å². The van der Waals surface area contributed by atoms with Crippen LogP contribution in [0.25, 0.3) is 0 Å². The number of hydrogen-bond donors (Lipinski definition) is 2. The van der Waals surface area contributed by atoms with Crippen LogP contribution in [0.15, 0.2) is 0 Å². The first-order chi connectivity index (χ1) is 32.5. The van der Waals surface area contributed by atoms with Crippen molar-refractivity contribution in [3.63, 3.8) is 0 Å². The average molecular weight is 989 g/mol. The van der Waals surface area contributed by atoms with Gasteiger partial charge in [-0.3, -0.25) is 9.80 Å². The summed E-state index contributed by atoms with van der Waals surface area (Å²) in [4.78, 5) is 78.8. The largest absolute Gasteiger partial charge is 0.464 e. The van der Waals surface area contributed by atoms with Gasteiger partial charge >= 0.3 is 24.1 Å². The van der Waals surface area contributed by atoms with E-state index in [2.05, 4.69) is 70.5 Å². The molecule has 4 aliphatic heterocycles. The molecular formula is C48H79ClN12O8. The second-order valence-electron chi connectivity index (χ2n) is 19.6. The van der Waals surface area contributed by atoms with Gasteiger partial charge in [-0.15, -0.1) is 12.3 Å². The molecule has 2 aromatic heterocycles. The molecule has 20 nitrogen and oxygen atoms in total. The number of piperidine rings is 2. The van der Waals surface area contributed by atoms with E-state index < -0.39 is 23.1 Å². The number of ether oxygens (including phenoxy) is 4. The summed E-state index contributed by atoms with van der Waals surface area (Å²) in [6.07, 6.45) is 9.81. The molecule has 4 N–H and O–H groups in total. The summed E-state index contributed by atoms with van der Waals surface area (Å²) >= 11 is 6.36. The Kier molecular flexibility index (Phi) is 20.3. The number of piperazine rings is 2. The maximum absolute atomic E-state index is 12.4. The summed E-state index contributed by atoms with van der Waals surface area (Å²) in [5.41, 5.74) is 11.6. The monoisotopic (exact) mass is 988 g/mol. The molecule has 69 heavy (non-hydrogen) atoms. The Labute approximate surface area is 415 Å². The Morgan fingerprint density at radius 3 is 1.39 bits per heavy atom. The van der Waals surface area contributed by atoms with Crippen LogP contribution in [0.2, 0.25) is 5.15 Å².